The summed E-state index contributed by atoms with van der Waals surface area (Å²) in [5, 5.41) is 4.55. The summed E-state index contributed by atoms with van der Waals surface area (Å²) in [6.45, 7) is 3.55. The maximum absolute atomic E-state index is 7.79. The third-order valence-electron chi connectivity index (χ3n) is 0.433. The molecule has 0 spiro atoms. The van der Waals surface area contributed by atoms with Crippen LogP contribution in [0, 0.1) is 0 Å². The molecule has 5 nitrogen and oxygen atoms in total. The topological polar surface area (TPSA) is 67.1 Å². The Hall–Kier alpha value is -1.13. The van der Waals surface area contributed by atoms with Crippen molar-refractivity contribution in [1.29, 1.82) is 0 Å². The second-order valence-corrected chi connectivity index (χ2v) is 0.902. The Bertz CT molecular complexity index is 64.9. The number of rotatable bonds is 5. The molecule has 0 bridgehead atoms. The average Bonchev–Trinajstić information content (AvgIpc) is 1.81. The molecule has 0 rings (SSSR count). The monoisotopic (exact) mass is 117 g/mol. The SMILES string of the molecule is C=NOCCO[NH+]=[N-]. The first-order valence-corrected chi connectivity index (χ1v) is 2.00. The molecule has 5 heteroatoms. The molecule has 0 fully saturated rings. The van der Waals surface area contributed by atoms with Gasteiger partial charge in [0.2, 0.25) is 0 Å². The maximum Gasteiger partial charge on any atom is 0.194 e. The minimum absolute atomic E-state index is 0.232. The van der Waals surface area contributed by atoms with E-state index in [1.54, 1.807) is 0 Å². The third kappa shape index (κ3) is 4.87. The first-order valence-electron chi connectivity index (χ1n) is 2.00. The molecule has 1 N–H and O–H groups in total. The standard InChI is InChI=1S/C3H7N3O2/c1-5-7-2-3-8-6-4/h6H,1-3H2. The van der Waals surface area contributed by atoms with Crippen molar-refractivity contribution >= 4 is 6.72 Å². The van der Waals surface area contributed by atoms with E-state index >= 15 is 0 Å². The lowest BCUT2D eigenvalue weighted by atomic mass is 10.8. The van der Waals surface area contributed by atoms with Crippen LogP contribution in [-0.4, -0.2) is 19.9 Å². The van der Waals surface area contributed by atoms with Gasteiger partial charge in [-0.2, -0.15) is 0 Å². The predicted octanol–water partition coefficient (Wildman–Crippen LogP) is -1.35. The van der Waals surface area contributed by atoms with Crippen molar-refractivity contribution in [3.05, 3.63) is 5.53 Å². The van der Waals surface area contributed by atoms with Gasteiger partial charge in [0.05, 0.1) is 0 Å². The molecule has 0 unspecified atom stereocenters. The molecule has 0 aromatic rings. The van der Waals surface area contributed by atoms with Crippen LogP contribution >= 0.6 is 0 Å². The van der Waals surface area contributed by atoms with Gasteiger partial charge in [0.15, 0.2) is 13.2 Å². The fraction of sp³-hybridized carbons (Fsp3) is 0.667. The van der Waals surface area contributed by atoms with E-state index in [-0.39, 0.29) is 13.2 Å². The Morgan fingerprint density at radius 2 is 2.38 bits per heavy atom. The van der Waals surface area contributed by atoms with Gasteiger partial charge in [-0.15, -0.1) is 10.4 Å². The van der Waals surface area contributed by atoms with Crippen molar-refractivity contribution in [2.24, 2.45) is 5.16 Å². The molecule has 8 heavy (non-hydrogen) atoms. The van der Waals surface area contributed by atoms with Crippen LogP contribution in [0.2, 0.25) is 0 Å². The Morgan fingerprint density at radius 3 is 2.88 bits per heavy atom. The summed E-state index contributed by atoms with van der Waals surface area (Å²) in [6, 6.07) is 0. The summed E-state index contributed by atoms with van der Waals surface area (Å²) in [4.78, 5) is 8.60. The van der Waals surface area contributed by atoms with E-state index in [2.05, 4.69) is 21.5 Å². The molecule has 46 valence electrons. The summed E-state index contributed by atoms with van der Waals surface area (Å²) in [5.41, 5.74) is 7.79. The van der Waals surface area contributed by atoms with Gasteiger partial charge in [-0.25, -0.2) is 0 Å². The van der Waals surface area contributed by atoms with Crippen molar-refractivity contribution < 1.29 is 15.0 Å². The molecule has 0 aliphatic heterocycles. The Labute approximate surface area is 46.7 Å². The fourth-order valence-corrected chi connectivity index (χ4v) is 0.189. The molecule has 0 saturated carbocycles. The summed E-state index contributed by atoms with van der Waals surface area (Å²) in [5.74, 6) is 0. The second-order valence-electron chi connectivity index (χ2n) is 0.902. The predicted molar refractivity (Wildman–Crippen MR) is 25.8 cm³/mol. The van der Waals surface area contributed by atoms with Crippen LogP contribution in [0.15, 0.2) is 5.16 Å². The minimum atomic E-state index is 0.232. The zero-order chi connectivity index (χ0) is 6.24. The number of hydrogen-bond donors (Lipinski definition) is 1. The average molecular weight is 117 g/mol. The van der Waals surface area contributed by atoms with Gasteiger partial charge < -0.3 is 10.4 Å². The van der Waals surface area contributed by atoms with E-state index in [0.717, 1.165) is 0 Å². The molecule has 0 aliphatic carbocycles. The lowest BCUT2D eigenvalue weighted by Gasteiger charge is -1.92. The molecule has 0 radical (unpaired) electrons. The van der Waals surface area contributed by atoms with Crippen LogP contribution in [0.1, 0.15) is 0 Å². The van der Waals surface area contributed by atoms with Crippen LogP contribution in [-0.2, 0) is 9.68 Å². The van der Waals surface area contributed by atoms with E-state index in [1.165, 1.54) is 5.28 Å². The number of hydrogen-bond acceptors (Lipinski definition) is 3. The Kier molecular flexibility index (Phi) is 5.04. The molecule has 0 aliphatic rings. The highest BCUT2D eigenvalue weighted by molar-refractivity contribution is 5.21. The molecule has 0 heterocycles. The smallest absolute Gasteiger partial charge is 0.194 e. The zero-order valence-electron chi connectivity index (χ0n) is 4.33. The number of oxime groups is 1. The molecule has 0 aromatic heterocycles. The van der Waals surface area contributed by atoms with Crippen LogP contribution < -0.4 is 5.28 Å². The first kappa shape index (κ1) is 6.87. The van der Waals surface area contributed by atoms with Crippen LogP contribution in [0.5, 0.6) is 0 Å². The van der Waals surface area contributed by atoms with Gasteiger partial charge in [-0.1, -0.05) is 0 Å². The van der Waals surface area contributed by atoms with Gasteiger partial charge in [-0.3, -0.25) is 4.84 Å². The first-order chi connectivity index (χ1) is 3.91. The largest absolute Gasteiger partial charge is 0.453 e. The van der Waals surface area contributed by atoms with Gasteiger partial charge in [0.25, 0.3) is 0 Å². The molecule has 0 aromatic carbocycles. The molecule has 0 amide bonds. The lowest BCUT2D eigenvalue weighted by Crippen LogP contribution is -2.62. The lowest BCUT2D eigenvalue weighted by molar-refractivity contribution is -0.770. The fourth-order valence-electron chi connectivity index (χ4n) is 0.189. The van der Waals surface area contributed by atoms with Gasteiger partial charge in [0, 0.05) is 6.72 Å². The van der Waals surface area contributed by atoms with Crippen LogP contribution in [0.3, 0.4) is 0 Å². The summed E-state index contributed by atoms with van der Waals surface area (Å²) >= 11 is 0. The Balaban J connectivity index is 2.71. The van der Waals surface area contributed by atoms with Crippen LogP contribution in [0.25, 0.3) is 5.53 Å². The van der Waals surface area contributed by atoms with Crippen LogP contribution in [0.4, 0.5) is 0 Å². The highest BCUT2D eigenvalue weighted by Crippen LogP contribution is 1.69. The van der Waals surface area contributed by atoms with Crippen molar-refractivity contribution in [3.8, 4) is 0 Å². The third-order valence-corrected chi connectivity index (χ3v) is 0.433. The molecular formula is C3H7N3O2. The molecular weight excluding hydrogens is 110 g/mol. The highest BCUT2D eigenvalue weighted by Gasteiger charge is 1.82. The van der Waals surface area contributed by atoms with Gasteiger partial charge >= 0.3 is 0 Å². The summed E-state index contributed by atoms with van der Waals surface area (Å²) < 4.78 is 0. The van der Waals surface area contributed by atoms with Gasteiger partial charge in [0.1, 0.15) is 0 Å². The maximum atomic E-state index is 7.79. The van der Waals surface area contributed by atoms with E-state index in [4.69, 9.17) is 5.53 Å². The minimum Gasteiger partial charge on any atom is -0.453 e. The molecule has 0 saturated heterocycles. The van der Waals surface area contributed by atoms with E-state index in [9.17, 15) is 0 Å². The zero-order valence-corrected chi connectivity index (χ0v) is 4.33. The van der Waals surface area contributed by atoms with E-state index < -0.39 is 0 Å². The number of nitrogens with one attached hydrogen (secondary N) is 1. The summed E-state index contributed by atoms with van der Waals surface area (Å²) in [6.07, 6.45) is 0. The van der Waals surface area contributed by atoms with Crippen molar-refractivity contribution in [2.45, 2.75) is 0 Å². The summed E-state index contributed by atoms with van der Waals surface area (Å²) in [7, 11) is 0. The van der Waals surface area contributed by atoms with Crippen molar-refractivity contribution in [3.63, 3.8) is 0 Å². The van der Waals surface area contributed by atoms with E-state index in [0.29, 0.717) is 0 Å². The van der Waals surface area contributed by atoms with E-state index in [1.807, 2.05) is 0 Å². The van der Waals surface area contributed by atoms with Crippen molar-refractivity contribution in [1.82, 2.24) is 0 Å². The van der Waals surface area contributed by atoms with Crippen molar-refractivity contribution in [2.75, 3.05) is 13.2 Å². The number of nitrogens with zero attached hydrogens (tertiary/aromatic N) is 2. The normalized spacial score (nSPS) is 7.50. The van der Waals surface area contributed by atoms with Gasteiger partial charge in [-0.05, 0) is 0 Å². The highest BCUT2D eigenvalue weighted by atomic mass is 16.7. The quantitative estimate of drug-likeness (QED) is 0.209. The Morgan fingerprint density at radius 1 is 1.62 bits per heavy atom. The molecule has 0 atom stereocenters. The second kappa shape index (κ2) is 5.87.